The van der Waals surface area contributed by atoms with E-state index in [1.165, 1.54) is 31.6 Å². The van der Waals surface area contributed by atoms with Crippen molar-refractivity contribution in [3.8, 4) is 5.75 Å². The summed E-state index contributed by atoms with van der Waals surface area (Å²) in [5.41, 5.74) is 0.489. The van der Waals surface area contributed by atoms with Crippen LogP contribution in [0.5, 0.6) is 5.75 Å². The number of methoxy groups -OCH3 is 1. The Kier molecular flexibility index (Phi) is 8.45. The average Bonchev–Trinajstić information content (AvgIpc) is 2.70. The molecule has 1 aromatic carbocycles. The Morgan fingerprint density at radius 2 is 2.00 bits per heavy atom. The zero-order chi connectivity index (χ0) is 21.4. The van der Waals surface area contributed by atoms with E-state index in [2.05, 4.69) is 37.9 Å². The average molecular weight is 484 g/mol. The third-order valence-electron chi connectivity index (χ3n) is 4.40. The number of benzene rings is 1. The lowest BCUT2D eigenvalue weighted by molar-refractivity contribution is 0.0933. The lowest BCUT2D eigenvalue weighted by Crippen LogP contribution is -2.34. The van der Waals surface area contributed by atoms with Gasteiger partial charge in [-0.25, -0.2) is 8.42 Å². The molecule has 7 nitrogen and oxygen atoms in total. The van der Waals surface area contributed by atoms with Crippen LogP contribution in [0.1, 0.15) is 49.9 Å². The highest BCUT2D eigenvalue weighted by atomic mass is 79.9. The predicted octanol–water partition coefficient (Wildman–Crippen LogP) is 4.35. The molecule has 0 saturated carbocycles. The van der Waals surface area contributed by atoms with Gasteiger partial charge in [-0.2, -0.15) is 0 Å². The molecule has 158 valence electrons. The summed E-state index contributed by atoms with van der Waals surface area (Å²) in [6.07, 6.45) is 6.59. The molecule has 0 aliphatic carbocycles. The van der Waals surface area contributed by atoms with Gasteiger partial charge in [0.2, 0.25) is 0 Å². The van der Waals surface area contributed by atoms with Gasteiger partial charge in [0.1, 0.15) is 10.6 Å². The van der Waals surface area contributed by atoms with Crippen LogP contribution in [-0.2, 0) is 10.0 Å². The van der Waals surface area contributed by atoms with E-state index in [0.717, 1.165) is 25.7 Å². The number of carbonyl (C=O) groups excluding carboxylic acids is 1. The molecule has 0 spiro atoms. The summed E-state index contributed by atoms with van der Waals surface area (Å²) >= 11 is 3.27. The van der Waals surface area contributed by atoms with Crippen LogP contribution in [0.4, 0.5) is 5.69 Å². The van der Waals surface area contributed by atoms with Gasteiger partial charge < -0.3 is 10.1 Å². The van der Waals surface area contributed by atoms with Crippen molar-refractivity contribution in [2.24, 2.45) is 0 Å². The van der Waals surface area contributed by atoms with Crippen molar-refractivity contribution in [3.63, 3.8) is 0 Å². The van der Waals surface area contributed by atoms with Crippen LogP contribution >= 0.6 is 15.9 Å². The van der Waals surface area contributed by atoms with Crippen molar-refractivity contribution in [3.05, 3.63) is 46.7 Å². The second kappa shape index (κ2) is 10.6. The second-order valence-corrected chi connectivity index (χ2v) is 9.15. The SMILES string of the molecule is CCCCC(CC)NC(=O)c1cncc(NS(=O)(=O)c2cc(Br)ccc2OC)c1. The van der Waals surface area contributed by atoms with Crippen LogP contribution in [0.2, 0.25) is 0 Å². The molecule has 1 heterocycles. The zero-order valence-corrected chi connectivity index (χ0v) is 19.1. The molecule has 0 bridgehead atoms. The maximum atomic E-state index is 12.8. The Morgan fingerprint density at radius 1 is 1.24 bits per heavy atom. The molecule has 29 heavy (non-hydrogen) atoms. The monoisotopic (exact) mass is 483 g/mol. The van der Waals surface area contributed by atoms with E-state index in [1.807, 2.05) is 6.92 Å². The molecule has 0 saturated heterocycles. The van der Waals surface area contributed by atoms with Crippen LogP contribution < -0.4 is 14.8 Å². The summed E-state index contributed by atoms with van der Waals surface area (Å²) in [6, 6.07) is 6.24. The number of pyridine rings is 1. The smallest absolute Gasteiger partial charge is 0.265 e. The highest BCUT2D eigenvalue weighted by molar-refractivity contribution is 9.10. The van der Waals surface area contributed by atoms with Gasteiger partial charge in [-0.1, -0.05) is 42.6 Å². The number of hydrogen-bond acceptors (Lipinski definition) is 5. The molecule has 2 aromatic rings. The molecule has 2 rings (SSSR count). The number of unbranched alkanes of at least 4 members (excludes halogenated alkanes) is 1. The third-order valence-corrected chi connectivity index (χ3v) is 6.30. The number of nitrogens with zero attached hydrogens (tertiary/aromatic N) is 1. The highest BCUT2D eigenvalue weighted by Crippen LogP contribution is 2.28. The summed E-state index contributed by atoms with van der Waals surface area (Å²) in [5.74, 6) is -0.0641. The predicted molar refractivity (Wildman–Crippen MR) is 117 cm³/mol. The van der Waals surface area contributed by atoms with Crippen molar-refractivity contribution in [2.45, 2.75) is 50.5 Å². The van der Waals surface area contributed by atoms with Crippen LogP contribution in [0.15, 0.2) is 46.0 Å². The van der Waals surface area contributed by atoms with E-state index in [9.17, 15) is 13.2 Å². The normalized spacial score (nSPS) is 12.3. The van der Waals surface area contributed by atoms with E-state index in [4.69, 9.17) is 4.74 Å². The zero-order valence-electron chi connectivity index (χ0n) is 16.7. The first-order valence-corrected chi connectivity index (χ1v) is 11.7. The van der Waals surface area contributed by atoms with Crippen molar-refractivity contribution in [2.75, 3.05) is 11.8 Å². The summed E-state index contributed by atoms with van der Waals surface area (Å²) < 4.78 is 33.9. The minimum absolute atomic E-state index is 0.0187. The minimum Gasteiger partial charge on any atom is -0.495 e. The van der Waals surface area contributed by atoms with Gasteiger partial charge in [0.05, 0.1) is 24.6 Å². The van der Waals surface area contributed by atoms with Gasteiger partial charge in [0.15, 0.2) is 0 Å². The molecule has 0 radical (unpaired) electrons. The number of aromatic nitrogens is 1. The maximum Gasteiger partial charge on any atom is 0.265 e. The number of halogens is 1. The fourth-order valence-electron chi connectivity index (χ4n) is 2.79. The first-order valence-electron chi connectivity index (χ1n) is 9.43. The molecule has 1 amide bonds. The summed E-state index contributed by atoms with van der Waals surface area (Å²) in [4.78, 5) is 16.5. The highest BCUT2D eigenvalue weighted by Gasteiger charge is 2.21. The molecular formula is C20H26BrN3O4S. The number of hydrogen-bond donors (Lipinski definition) is 2. The van der Waals surface area contributed by atoms with E-state index < -0.39 is 10.0 Å². The van der Waals surface area contributed by atoms with Gasteiger partial charge in [0.25, 0.3) is 15.9 Å². The fraction of sp³-hybridized carbons (Fsp3) is 0.400. The first-order chi connectivity index (χ1) is 13.8. The number of sulfonamides is 1. The Balaban J connectivity index is 2.21. The molecular weight excluding hydrogens is 458 g/mol. The van der Waals surface area contributed by atoms with Crippen molar-refractivity contribution in [1.29, 1.82) is 0 Å². The molecule has 0 aliphatic rings. The number of rotatable bonds is 10. The number of anilines is 1. The van der Waals surface area contributed by atoms with Gasteiger partial charge >= 0.3 is 0 Å². The number of ether oxygens (including phenoxy) is 1. The molecule has 0 aliphatic heterocycles. The van der Waals surface area contributed by atoms with E-state index in [0.29, 0.717) is 10.0 Å². The molecule has 1 aromatic heterocycles. The molecule has 2 N–H and O–H groups in total. The summed E-state index contributed by atoms with van der Waals surface area (Å²) in [5, 5.41) is 2.98. The van der Waals surface area contributed by atoms with Gasteiger partial charge in [-0.15, -0.1) is 0 Å². The Morgan fingerprint density at radius 3 is 2.66 bits per heavy atom. The fourth-order valence-corrected chi connectivity index (χ4v) is 4.53. The van der Waals surface area contributed by atoms with E-state index >= 15 is 0 Å². The third kappa shape index (κ3) is 6.43. The van der Waals surface area contributed by atoms with Crippen molar-refractivity contribution in [1.82, 2.24) is 10.3 Å². The Labute approximate surface area is 180 Å². The molecule has 1 atom stereocenters. The Hall–Kier alpha value is -2.13. The Bertz CT molecular complexity index is 950. The number of nitrogens with one attached hydrogen (secondary N) is 2. The molecule has 9 heteroatoms. The second-order valence-electron chi connectivity index (χ2n) is 6.58. The van der Waals surface area contributed by atoms with Gasteiger partial charge in [0, 0.05) is 16.7 Å². The standard InChI is InChI=1S/C20H26BrN3O4S/c1-4-6-7-16(5-2)23-20(25)14-10-17(13-22-12-14)24-29(26,27)19-11-15(21)8-9-18(19)28-3/h8-13,16,24H,4-7H2,1-3H3,(H,23,25). The van der Waals surface area contributed by atoms with Crippen LogP contribution in [0.3, 0.4) is 0 Å². The van der Waals surface area contributed by atoms with Gasteiger partial charge in [-0.3, -0.25) is 14.5 Å². The van der Waals surface area contributed by atoms with Crippen molar-refractivity contribution < 1.29 is 17.9 Å². The molecule has 0 fully saturated rings. The van der Waals surface area contributed by atoms with Crippen molar-refractivity contribution >= 4 is 37.5 Å². The van der Waals surface area contributed by atoms with Gasteiger partial charge in [-0.05, 0) is 37.1 Å². The quantitative estimate of drug-likeness (QED) is 0.523. The lowest BCUT2D eigenvalue weighted by Gasteiger charge is -2.17. The lowest BCUT2D eigenvalue weighted by atomic mass is 10.1. The summed E-state index contributed by atoms with van der Waals surface area (Å²) in [7, 11) is -2.54. The van der Waals surface area contributed by atoms with Crippen LogP contribution in [0, 0.1) is 0 Å². The maximum absolute atomic E-state index is 12.8. The van der Waals surface area contributed by atoms with Crippen LogP contribution in [-0.4, -0.2) is 32.5 Å². The largest absolute Gasteiger partial charge is 0.495 e. The molecule has 1 unspecified atom stereocenters. The van der Waals surface area contributed by atoms with Crippen LogP contribution in [0.25, 0.3) is 0 Å². The minimum atomic E-state index is -3.94. The topological polar surface area (TPSA) is 97.4 Å². The summed E-state index contributed by atoms with van der Waals surface area (Å²) in [6.45, 7) is 4.13. The van der Waals surface area contributed by atoms with E-state index in [1.54, 1.807) is 12.1 Å². The number of carbonyl (C=O) groups is 1. The first kappa shape index (κ1) is 23.2. The number of amides is 1. The van der Waals surface area contributed by atoms with E-state index in [-0.39, 0.29) is 28.3 Å².